The van der Waals surface area contributed by atoms with Crippen LogP contribution in [0.4, 0.5) is 5.69 Å². The zero-order chi connectivity index (χ0) is 22.5. The maximum Gasteiger partial charge on any atom is 0.251 e. The zero-order valence-electron chi connectivity index (χ0n) is 18.2. The average Bonchev–Trinajstić information content (AvgIpc) is 3.17. The molecule has 0 saturated heterocycles. The van der Waals surface area contributed by atoms with E-state index in [2.05, 4.69) is 15.2 Å². The molecule has 0 saturated carbocycles. The first-order chi connectivity index (χ1) is 15.5. The Hall–Kier alpha value is -3.93. The normalized spacial score (nSPS) is 11.0. The molecule has 0 bridgehead atoms. The predicted molar refractivity (Wildman–Crippen MR) is 127 cm³/mol. The molecule has 1 heterocycles. The molecule has 6 nitrogen and oxygen atoms in total. The van der Waals surface area contributed by atoms with Crippen molar-refractivity contribution in [1.82, 2.24) is 14.9 Å². The van der Waals surface area contributed by atoms with Gasteiger partial charge in [0.05, 0.1) is 11.0 Å². The highest BCUT2D eigenvalue weighted by Gasteiger charge is 2.14. The van der Waals surface area contributed by atoms with Gasteiger partial charge in [-0.2, -0.15) is 0 Å². The molecule has 0 unspecified atom stereocenters. The fraction of sp³-hybridized carbons (Fsp3) is 0.192. The third kappa shape index (κ3) is 4.86. The van der Waals surface area contributed by atoms with Crippen LogP contribution in [0.2, 0.25) is 0 Å². The van der Waals surface area contributed by atoms with Crippen LogP contribution in [0.25, 0.3) is 16.7 Å². The third-order valence-electron chi connectivity index (χ3n) is 5.07. The van der Waals surface area contributed by atoms with Gasteiger partial charge in [0.25, 0.3) is 5.91 Å². The lowest BCUT2D eigenvalue weighted by atomic mass is 10.1. The zero-order valence-corrected chi connectivity index (χ0v) is 18.2. The summed E-state index contributed by atoms with van der Waals surface area (Å²) in [5, 5.41) is 5.76. The highest BCUT2D eigenvalue weighted by atomic mass is 16.2. The molecular weight excluding hydrogens is 400 g/mol. The van der Waals surface area contributed by atoms with Crippen molar-refractivity contribution >= 4 is 28.5 Å². The van der Waals surface area contributed by atoms with Gasteiger partial charge in [-0.05, 0) is 62.4 Å². The van der Waals surface area contributed by atoms with Gasteiger partial charge >= 0.3 is 0 Å². The molecule has 0 aliphatic carbocycles. The second-order valence-electron chi connectivity index (χ2n) is 7.94. The van der Waals surface area contributed by atoms with Gasteiger partial charge in [-0.25, -0.2) is 4.98 Å². The molecule has 0 atom stereocenters. The number of hydrogen-bond acceptors (Lipinski definition) is 3. The van der Waals surface area contributed by atoms with Crippen molar-refractivity contribution in [2.45, 2.75) is 32.7 Å². The van der Waals surface area contributed by atoms with Crippen molar-refractivity contribution in [3.63, 3.8) is 0 Å². The first-order valence-electron chi connectivity index (χ1n) is 10.7. The van der Waals surface area contributed by atoms with E-state index in [4.69, 9.17) is 4.98 Å². The summed E-state index contributed by atoms with van der Waals surface area (Å²) in [5.74, 6) is 0.613. The number of hydrogen-bond donors (Lipinski definition) is 2. The van der Waals surface area contributed by atoms with E-state index in [-0.39, 0.29) is 17.9 Å². The van der Waals surface area contributed by atoms with E-state index in [0.717, 1.165) is 22.5 Å². The van der Waals surface area contributed by atoms with Crippen molar-refractivity contribution in [2.75, 3.05) is 5.32 Å². The molecule has 0 spiro atoms. The van der Waals surface area contributed by atoms with E-state index < -0.39 is 0 Å². The van der Waals surface area contributed by atoms with Crippen molar-refractivity contribution in [3.05, 3.63) is 90.3 Å². The molecule has 3 aromatic carbocycles. The lowest BCUT2D eigenvalue weighted by Crippen LogP contribution is -2.30. The maximum absolute atomic E-state index is 12.6. The molecular formula is C26H26N4O2. The Labute approximate surface area is 187 Å². The van der Waals surface area contributed by atoms with Gasteiger partial charge in [0.1, 0.15) is 5.82 Å². The molecule has 1 aromatic heterocycles. The van der Waals surface area contributed by atoms with Gasteiger partial charge in [0, 0.05) is 35.8 Å². The number of aromatic nitrogens is 2. The second kappa shape index (κ2) is 9.47. The molecule has 2 N–H and O–H groups in total. The molecule has 4 aromatic rings. The van der Waals surface area contributed by atoms with Crippen LogP contribution in [-0.2, 0) is 11.2 Å². The number of aryl methyl sites for hydroxylation is 1. The number of nitrogens with one attached hydrogen (secondary N) is 2. The van der Waals surface area contributed by atoms with E-state index in [1.54, 1.807) is 24.3 Å². The number of imidazole rings is 1. The highest BCUT2D eigenvalue weighted by molar-refractivity contribution is 5.96. The van der Waals surface area contributed by atoms with Crippen LogP contribution in [-0.4, -0.2) is 27.4 Å². The van der Waals surface area contributed by atoms with Gasteiger partial charge in [0.2, 0.25) is 5.91 Å². The molecule has 0 radical (unpaired) electrons. The van der Waals surface area contributed by atoms with Crippen LogP contribution in [0, 0.1) is 0 Å². The minimum absolute atomic E-state index is 0.0713. The quantitative estimate of drug-likeness (QED) is 0.448. The van der Waals surface area contributed by atoms with Crippen molar-refractivity contribution in [2.24, 2.45) is 0 Å². The highest BCUT2D eigenvalue weighted by Crippen LogP contribution is 2.22. The third-order valence-corrected chi connectivity index (χ3v) is 5.07. The smallest absolute Gasteiger partial charge is 0.251 e. The van der Waals surface area contributed by atoms with E-state index in [9.17, 15) is 9.59 Å². The summed E-state index contributed by atoms with van der Waals surface area (Å²) in [6.07, 6.45) is 0.802. The lowest BCUT2D eigenvalue weighted by molar-refractivity contribution is -0.116. The number of fused-ring (bicyclic) bond motifs is 1. The summed E-state index contributed by atoms with van der Waals surface area (Å²) >= 11 is 0. The van der Waals surface area contributed by atoms with Crippen molar-refractivity contribution in [1.29, 1.82) is 0 Å². The monoisotopic (exact) mass is 426 g/mol. The summed E-state index contributed by atoms with van der Waals surface area (Å²) < 4.78 is 2.10. The van der Waals surface area contributed by atoms with Gasteiger partial charge in [-0.1, -0.05) is 30.3 Å². The number of carbonyl (C=O) groups excluding carboxylic acids is 2. The van der Waals surface area contributed by atoms with E-state index in [0.29, 0.717) is 24.1 Å². The first-order valence-corrected chi connectivity index (χ1v) is 10.7. The lowest BCUT2D eigenvalue weighted by Gasteiger charge is -2.10. The Morgan fingerprint density at radius 2 is 1.59 bits per heavy atom. The molecule has 0 aliphatic heterocycles. The maximum atomic E-state index is 12.6. The molecule has 4 rings (SSSR count). The number of anilines is 1. The molecule has 6 heteroatoms. The molecule has 162 valence electrons. The van der Waals surface area contributed by atoms with Gasteiger partial charge in [-0.3, -0.25) is 14.2 Å². The summed E-state index contributed by atoms with van der Waals surface area (Å²) in [5.41, 5.74) is 4.17. The first kappa shape index (κ1) is 21.3. The van der Waals surface area contributed by atoms with Crippen LogP contribution in [0.15, 0.2) is 78.9 Å². The van der Waals surface area contributed by atoms with Crippen LogP contribution in [0.3, 0.4) is 0 Å². The van der Waals surface area contributed by atoms with E-state index >= 15 is 0 Å². The van der Waals surface area contributed by atoms with Gasteiger partial charge in [0.15, 0.2) is 0 Å². The number of nitrogens with zero attached hydrogens (tertiary/aromatic N) is 2. The Morgan fingerprint density at radius 3 is 2.31 bits per heavy atom. The van der Waals surface area contributed by atoms with Crippen molar-refractivity contribution in [3.8, 4) is 5.69 Å². The summed E-state index contributed by atoms with van der Waals surface area (Å²) in [6, 6.07) is 25.0. The fourth-order valence-corrected chi connectivity index (χ4v) is 3.61. The Morgan fingerprint density at radius 1 is 0.906 bits per heavy atom. The standard InChI is InChI=1S/C26H26N4O2/c1-18(2)27-26(32)19-12-14-20(15-13-19)28-25(31)17-16-24-29-22-10-6-7-11-23(22)30(24)21-8-4-3-5-9-21/h3-15,18H,16-17H2,1-2H3,(H,27,32)(H,28,31). The molecule has 0 aliphatic rings. The number of amides is 2. The Balaban J connectivity index is 1.45. The van der Waals surface area contributed by atoms with Crippen LogP contribution in [0.5, 0.6) is 0 Å². The number of carbonyl (C=O) groups is 2. The van der Waals surface area contributed by atoms with E-state index in [1.165, 1.54) is 0 Å². The summed E-state index contributed by atoms with van der Waals surface area (Å²) in [4.78, 5) is 29.4. The van der Waals surface area contributed by atoms with Crippen LogP contribution < -0.4 is 10.6 Å². The molecule has 0 fully saturated rings. The largest absolute Gasteiger partial charge is 0.350 e. The predicted octanol–water partition coefficient (Wildman–Crippen LogP) is 4.74. The SMILES string of the molecule is CC(C)NC(=O)c1ccc(NC(=O)CCc2nc3ccccc3n2-c2ccccc2)cc1. The number of benzene rings is 3. The fourth-order valence-electron chi connectivity index (χ4n) is 3.61. The van der Waals surface area contributed by atoms with E-state index in [1.807, 2.05) is 68.4 Å². The van der Waals surface area contributed by atoms with Crippen LogP contribution in [0.1, 0.15) is 36.5 Å². The minimum atomic E-state index is -0.127. The van der Waals surface area contributed by atoms with Crippen molar-refractivity contribution < 1.29 is 9.59 Å². The number of rotatable bonds is 7. The topological polar surface area (TPSA) is 76.0 Å². The molecule has 2 amide bonds. The molecule has 32 heavy (non-hydrogen) atoms. The van der Waals surface area contributed by atoms with Crippen LogP contribution >= 0.6 is 0 Å². The van der Waals surface area contributed by atoms with Gasteiger partial charge in [-0.15, -0.1) is 0 Å². The summed E-state index contributed by atoms with van der Waals surface area (Å²) in [7, 11) is 0. The Kier molecular flexibility index (Phi) is 6.31. The minimum Gasteiger partial charge on any atom is -0.350 e. The van der Waals surface area contributed by atoms with Gasteiger partial charge < -0.3 is 10.6 Å². The average molecular weight is 427 g/mol. The number of para-hydroxylation sites is 3. The summed E-state index contributed by atoms with van der Waals surface area (Å²) in [6.45, 7) is 3.83. The Bertz CT molecular complexity index is 1230. The second-order valence-corrected chi connectivity index (χ2v) is 7.94.